The Balaban J connectivity index is 1.80. The van der Waals surface area contributed by atoms with Crippen molar-refractivity contribution in [2.45, 2.75) is 32.2 Å². The number of benzene rings is 1. The van der Waals surface area contributed by atoms with E-state index in [2.05, 4.69) is 12.2 Å². The Morgan fingerprint density at radius 1 is 1.52 bits per heavy atom. The monoisotopic (exact) mass is 304 g/mol. The van der Waals surface area contributed by atoms with Crippen LogP contribution in [0.1, 0.15) is 35.9 Å². The number of nitrogen functional groups attached to an aromatic ring is 1. The zero-order chi connectivity index (χ0) is 15.0. The van der Waals surface area contributed by atoms with Crippen LogP contribution in [0.5, 0.6) is 5.75 Å². The molecule has 1 aromatic heterocycles. The van der Waals surface area contributed by atoms with Crippen LogP contribution in [0.4, 0.5) is 5.69 Å². The first-order valence-electron chi connectivity index (χ1n) is 7.31. The highest BCUT2D eigenvalue weighted by Gasteiger charge is 2.37. The van der Waals surface area contributed by atoms with Crippen molar-refractivity contribution in [1.82, 2.24) is 5.32 Å². The summed E-state index contributed by atoms with van der Waals surface area (Å²) in [6, 6.07) is 6.03. The van der Waals surface area contributed by atoms with Gasteiger partial charge in [0.25, 0.3) is 5.91 Å². The van der Waals surface area contributed by atoms with E-state index in [1.165, 1.54) is 24.2 Å². The third kappa shape index (κ3) is 2.70. The van der Waals surface area contributed by atoms with Gasteiger partial charge in [0.15, 0.2) is 0 Å². The van der Waals surface area contributed by atoms with E-state index in [0.29, 0.717) is 22.5 Å². The molecule has 1 aliphatic rings. The van der Waals surface area contributed by atoms with Crippen LogP contribution in [0, 0.1) is 5.92 Å². The maximum absolute atomic E-state index is 12.4. The lowest BCUT2D eigenvalue weighted by Crippen LogP contribution is -2.26. The van der Waals surface area contributed by atoms with Crippen LogP contribution in [-0.4, -0.2) is 19.1 Å². The largest absolute Gasteiger partial charge is 0.497 e. The fourth-order valence-electron chi connectivity index (χ4n) is 2.74. The van der Waals surface area contributed by atoms with E-state index in [1.54, 1.807) is 7.11 Å². The number of carbonyl (C=O) groups is 1. The summed E-state index contributed by atoms with van der Waals surface area (Å²) in [6.45, 7) is 2.18. The molecule has 0 radical (unpaired) electrons. The minimum atomic E-state index is -0.0451. The molecular formula is C16H20N2O2S. The first kappa shape index (κ1) is 14.2. The lowest BCUT2D eigenvalue weighted by molar-refractivity contribution is 0.0953. The number of amides is 1. The maximum atomic E-state index is 12.4. The Labute approximate surface area is 128 Å². The lowest BCUT2D eigenvalue weighted by Gasteiger charge is -2.03. The van der Waals surface area contributed by atoms with Crippen molar-refractivity contribution >= 4 is 33.0 Å². The molecule has 3 rings (SSSR count). The van der Waals surface area contributed by atoms with Crippen molar-refractivity contribution in [2.24, 2.45) is 5.92 Å². The number of rotatable bonds is 5. The molecule has 2 atom stereocenters. The van der Waals surface area contributed by atoms with Crippen LogP contribution in [0.2, 0.25) is 0 Å². The fraction of sp³-hybridized carbons (Fsp3) is 0.438. The number of carbonyl (C=O) groups excluding carboxylic acids is 1. The Hall–Kier alpha value is -1.75. The quantitative estimate of drug-likeness (QED) is 0.889. The molecule has 0 spiro atoms. The van der Waals surface area contributed by atoms with Crippen LogP contribution in [-0.2, 0) is 0 Å². The average Bonchev–Trinajstić information content (AvgIpc) is 3.12. The smallest absolute Gasteiger partial charge is 0.263 e. The molecule has 21 heavy (non-hydrogen) atoms. The third-order valence-electron chi connectivity index (χ3n) is 4.04. The van der Waals surface area contributed by atoms with Gasteiger partial charge >= 0.3 is 0 Å². The van der Waals surface area contributed by atoms with Gasteiger partial charge in [0.05, 0.1) is 12.8 Å². The summed E-state index contributed by atoms with van der Waals surface area (Å²) in [7, 11) is 1.63. The van der Waals surface area contributed by atoms with E-state index >= 15 is 0 Å². The molecule has 0 saturated heterocycles. The number of nitrogens with one attached hydrogen (secondary N) is 1. The summed E-state index contributed by atoms with van der Waals surface area (Å²) in [5.74, 6) is 1.38. The van der Waals surface area contributed by atoms with E-state index in [-0.39, 0.29) is 5.91 Å². The second-order valence-corrected chi connectivity index (χ2v) is 6.62. The van der Waals surface area contributed by atoms with Gasteiger partial charge in [-0.3, -0.25) is 4.79 Å². The molecule has 3 N–H and O–H groups in total. The number of thiophene rings is 1. The summed E-state index contributed by atoms with van der Waals surface area (Å²) >= 11 is 1.43. The number of methoxy groups -OCH3 is 1. The molecule has 1 aromatic carbocycles. The number of ether oxygens (including phenoxy) is 1. The van der Waals surface area contributed by atoms with E-state index < -0.39 is 0 Å². The Kier molecular flexibility index (Phi) is 3.76. The van der Waals surface area contributed by atoms with Crippen molar-refractivity contribution in [3.8, 4) is 5.75 Å². The maximum Gasteiger partial charge on any atom is 0.263 e. The van der Waals surface area contributed by atoms with Gasteiger partial charge in [-0.1, -0.05) is 13.3 Å². The zero-order valence-electron chi connectivity index (χ0n) is 12.3. The van der Waals surface area contributed by atoms with Crippen molar-refractivity contribution in [2.75, 3.05) is 12.8 Å². The molecule has 1 saturated carbocycles. The first-order valence-corrected chi connectivity index (χ1v) is 8.12. The molecule has 112 valence electrons. The van der Waals surface area contributed by atoms with Crippen LogP contribution >= 0.6 is 11.3 Å². The van der Waals surface area contributed by atoms with E-state index in [1.807, 2.05) is 18.2 Å². The van der Waals surface area contributed by atoms with Gasteiger partial charge in [-0.25, -0.2) is 0 Å². The van der Waals surface area contributed by atoms with E-state index in [0.717, 1.165) is 22.3 Å². The van der Waals surface area contributed by atoms with Crippen LogP contribution < -0.4 is 15.8 Å². The SMILES string of the molecule is CCCC1CC1NC(=O)c1sc2cc(OC)ccc2c1N. The number of anilines is 1. The topological polar surface area (TPSA) is 64.3 Å². The molecule has 1 aliphatic carbocycles. The molecule has 1 heterocycles. The third-order valence-corrected chi connectivity index (χ3v) is 5.21. The average molecular weight is 304 g/mol. The van der Waals surface area contributed by atoms with Gasteiger partial charge < -0.3 is 15.8 Å². The summed E-state index contributed by atoms with van der Waals surface area (Å²) in [6.07, 6.45) is 3.45. The number of hydrogen-bond acceptors (Lipinski definition) is 4. The van der Waals surface area contributed by atoms with Gasteiger partial charge in [-0.2, -0.15) is 0 Å². The molecule has 5 heteroatoms. The second kappa shape index (κ2) is 5.56. The van der Waals surface area contributed by atoms with Crippen LogP contribution in [0.3, 0.4) is 0 Å². The highest BCUT2D eigenvalue weighted by Crippen LogP contribution is 2.38. The van der Waals surface area contributed by atoms with Gasteiger partial charge in [0.2, 0.25) is 0 Å². The predicted molar refractivity (Wildman–Crippen MR) is 87.1 cm³/mol. The number of nitrogens with two attached hydrogens (primary N) is 1. The summed E-state index contributed by atoms with van der Waals surface area (Å²) in [5.41, 5.74) is 6.70. The number of fused-ring (bicyclic) bond motifs is 1. The molecule has 0 aliphatic heterocycles. The van der Waals surface area contributed by atoms with Crippen molar-refractivity contribution in [3.63, 3.8) is 0 Å². The van der Waals surface area contributed by atoms with Crippen LogP contribution in [0.15, 0.2) is 18.2 Å². The first-order chi connectivity index (χ1) is 10.1. The molecule has 1 fully saturated rings. The molecule has 4 nitrogen and oxygen atoms in total. The molecule has 2 aromatic rings. The molecular weight excluding hydrogens is 284 g/mol. The van der Waals surface area contributed by atoms with Gasteiger partial charge in [-0.15, -0.1) is 11.3 Å². The highest BCUT2D eigenvalue weighted by atomic mass is 32.1. The molecule has 0 bridgehead atoms. The van der Waals surface area contributed by atoms with Gasteiger partial charge in [0.1, 0.15) is 10.6 Å². The van der Waals surface area contributed by atoms with Crippen molar-refractivity contribution < 1.29 is 9.53 Å². The van der Waals surface area contributed by atoms with Gasteiger partial charge in [0, 0.05) is 16.1 Å². The highest BCUT2D eigenvalue weighted by molar-refractivity contribution is 7.21. The normalized spacial score (nSPS) is 20.5. The Bertz CT molecular complexity index is 680. The molecule has 2 unspecified atom stereocenters. The van der Waals surface area contributed by atoms with Crippen LogP contribution in [0.25, 0.3) is 10.1 Å². The minimum Gasteiger partial charge on any atom is -0.497 e. The van der Waals surface area contributed by atoms with E-state index in [4.69, 9.17) is 10.5 Å². The minimum absolute atomic E-state index is 0.0451. The number of hydrogen-bond donors (Lipinski definition) is 2. The van der Waals surface area contributed by atoms with E-state index in [9.17, 15) is 4.79 Å². The summed E-state index contributed by atoms with van der Waals surface area (Å²) < 4.78 is 6.20. The summed E-state index contributed by atoms with van der Waals surface area (Å²) in [5, 5.41) is 4.02. The van der Waals surface area contributed by atoms with Gasteiger partial charge in [-0.05, 0) is 37.0 Å². The van der Waals surface area contributed by atoms with Crippen molar-refractivity contribution in [3.05, 3.63) is 23.1 Å². The fourth-order valence-corrected chi connectivity index (χ4v) is 3.80. The lowest BCUT2D eigenvalue weighted by atomic mass is 10.2. The Morgan fingerprint density at radius 2 is 2.33 bits per heavy atom. The second-order valence-electron chi connectivity index (χ2n) is 5.57. The zero-order valence-corrected chi connectivity index (χ0v) is 13.1. The van der Waals surface area contributed by atoms with Crippen molar-refractivity contribution in [1.29, 1.82) is 0 Å². The standard InChI is InChI=1S/C16H20N2O2S/c1-3-4-9-7-12(9)18-16(19)15-14(17)11-6-5-10(20-2)8-13(11)21-15/h5-6,8-9,12H,3-4,7,17H2,1-2H3,(H,18,19). The Morgan fingerprint density at radius 3 is 3.05 bits per heavy atom. The summed E-state index contributed by atoms with van der Waals surface area (Å²) in [4.78, 5) is 13.0. The predicted octanol–water partition coefficient (Wildman–Crippen LogP) is 3.41. The molecule has 1 amide bonds.